The van der Waals surface area contributed by atoms with Crippen LogP contribution in [0.2, 0.25) is 0 Å². The standard InChI is InChI=1S/C19H18N2O4/c1-12(17(23)20-11-10-13-6-8-14(22)9-7-13)21-18(24)15-4-2-3-5-16(15)19(21)25/h2-9,12,22H,10-11H2,1H3,(H,20,23). The molecule has 0 saturated heterocycles. The van der Waals surface area contributed by atoms with Gasteiger partial charge in [-0.15, -0.1) is 0 Å². The lowest BCUT2D eigenvalue weighted by atomic mass is 10.1. The van der Waals surface area contributed by atoms with E-state index >= 15 is 0 Å². The molecule has 0 aliphatic carbocycles. The zero-order valence-electron chi connectivity index (χ0n) is 13.7. The highest BCUT2D eigenvalue weighted by atomic mass is 16.3. The lowest BCUT2D eigenvalue weighted by Crippen LogP contribution is -2.48. The summed E-state index contributed by atoms with van der Waals surface area (Å²) < 4.78 is 0. The van der Waals surface area contributed by atoms with Crippen LogP contribution in [0.5, 0.6) is 5.75 Å². The minimum Gasteiger partial charge on any atom is -0.508 e. The number of hydrogen-bond acceptors (Lipinski definition) is 4. The van der Waals surface area contributed by atoms with Crippen LogP contribution in [0.3, 0.4) is 0 Å². The van der Waals surface area contributed by atoms with Crippen LogP contribution in [0.15, 0.2) is 48.5 Å². The first kappa shape index (κ1) is 16.7. The highest BCUT2D eigenvalue weighted by molar-refractivity contribution is 6.22. The van der Waals surface area contributed by atoms with Gasteiger partial charge in [-0.2, -0.15) is 0 Å². The number of imide groups is 1. The average Bonchev–Trinajstić information content (AvgIpc) is 2.87. The number of carbonyl (C=O) groups excluding carboxylic acids is 3. The smallest absolute Gasteiger partial charge is 0.262 e. The maximum Gasteiger partial charge on any atom is 0.262 e. The predicted molar refractivity (Wildman–Crippen MR) is 91.2 cm³/mol. The van der Waals surface area contributed by atoms with Crippen LogP contribution in [-0.4, -0.2) is 40.3 Å². The summed E-state index contributed by atoms with van der Waals surface area (Å²) in [5.41, 5.74) is 1.62. The van der Waals surface area contributed by atoms with Crippen LogP contribution >= 0.6 is 0 Å². The Morgan fingerprint density at radius 2 is 1.60 bits per heavy atom. The van der Waals surface area contributed by atoms with Crippen molar-refractivity contribution in [2.24, 2.45) is 0 Å². The highest BCUT2D eigenvalue weighted by Gasteiger charge is 2.40. The Hall–Kier alpha value is -3.15. The fourth-order valence-corrected chi connectivity index (χ4v) is 2.82. The fourth-order valence-electron chi connectivity index (χ4n) is 2.82. The van der Waals surface area contributed by atoms with E-state index in [-0.39, 0.29) is 11.7 Å². The second kappa shape index (κ2) is 6.76. The van der Waals surface area contributed by atoms with Crippen LogP contribution in [0.1, 0.15) is 33.2 Å². The van der Waals surface area contributed by atoms with Gasteiger partial charge in [0.05, 0.1) is 11.1 Å². The number of phenols is 1. The number of fused-ring (bicyclic) bond motifs is 1. The second-order valence-corrected chi connectivity index (χ2v) is 5.91. The van der Waals surface area contributed by atoms with E-state index in [1.165, 1.54) is 6.92 Å². The van der Waals surface area contributed by atoms with E-state index in [0.29, 0.717) is 24.1 Å². The molecule has 1 aliphatic rings. The van der Waals surface area contributed by atoms with Gasteiger partial charge in [-0.05, 0) is 43.2 Å². The average molecular weight is 338 g/mol. The predicted octanol–water partition coefficient (Wildman–Crippen LogP) is 1.74. The molecule has 1 atom stereocenters. The number of carbonyl (C=O) groups is 3. The fraction of sp³-hybridized carbons (Fsp3) is 0.211. The normalized spacial score (nSPS) is 14.4. The third kappa shape index (κ3) is 3.24. The minimum atomic E-state index is -0.882. The number of nitrogens with one attached hydrogen (secondary N) is 1. The molecule has 3 rings (SSSR count). The molecule has 6 heteroatoms. The minimum absolute atomic E-state index is 0.187. The molecule has 0 saturated carbocycles. The van der Waals surface area contributed by atoms with E-state index in [1.54, 1.807) is 48.5 Å². The molecule has 2 N–H and O–H groups in total. The third-order valence-electron chi connectivity index (χ3n) is 4.24. The molecule has 0 bridgehead atoms. The van der Waals surface area contributed by atoms with Gasteiger partial charge in [0.2, 0.25) is 5.91 Å². The van der Waals surface area contributed by atoms with Crippen molar-refractivity contribution in [2.75, 3.05) is 6.54 Å². The van der Waals surface area contributed by atoms with Gasteiger partial charge in [0, 0.05) is 6.54 Å². The number of amides is 3. The van der Waals surface area contributed by atoms with E-state index in [0.717, 1.165) is 10.5 Å². The van der Waals surface area contributed by atoms with Gasteiger partial charge < -0.3 is 10.4 Å². The van der Waals surface area contributed by atoms with E-state index in [1.807, 2.05) is 0 Å². The monoisotopic (exact) mass is 338 g/mol. The Labute approximate surface area is 145 Å². The first-order chi connectivity index (χ1) is 12.0. The molecule has 128 valence electrons. The van der Waals surface area contributed by atoms with Crippen molar-refractivity contribution in [1.82, 2.24) is 10.2 Å². The van der Waals surface area contributed by atoms with E-state index < -0.39 is 17.9 Å². The first-order valence-electron chi connectivity index (χ1n) is 8.01. The van der Waals surface area contributed by atoms with E-state index in [4.69, 9.17) is 0 Å². The van der Waals surface area contributed by atoms with Gasteiger partial charge in [-0.25, -0.2) is 0 Å². The second-order valence-electron chi connectivity index (χ2n) is 5.91. The summed E-state index contributed by atoms with van der Waals surface area (Å²) in [6.45, 7) is 1.91. The van der Waals surface area contributed by atoms with Crippen molar-refractivity contribution in [2.45, 2.75) is 19.4 Å². The number of benzene rings is 2. The summed E-state index contributed by atoms with van der Waals surface area (Å²) in [6.07, 6.45) is 0.584. The summed E-state index contributed by atoms with van der Waals surface area (Å²) in [5, 5.41) is 12.0. The molecule has 6 nitrogen and oxygen atoms in total. The van der Waals surface area contributed by atoms with Gasteiger partial charge in [0.15, 0.2) is 0 Å². The molecule has 0 spiro atoms. The Kier molecular flexibility index (Phi) is 4.52. The number of rotatable bonds is 5. The van der Waals surface area contributed by atoms with Crippen LogP contribution in [0.25, 0.3) is 0 Å². The molecule has 0 aromatic heterocycles. The van der Waals surface area contributed by atoms with Gasteiger partial charge in [0.25, 0.3) is 11.8 Å². The Bertz CT molecular complexity index is 795. The van der Waals surface area contributed by atoms with Crippen molar-refractivity contribution >= 4 is 17.7 Å². The maximum atomic E-state index is 12.4. The van der Waals surface area contributed by atoms with Crippen LogP contribution in [-0.2, 0) is 11.2 Å². The van der Waals surface area contributed by atoms with Gasteiger partial charge in [-0.3, -0.25) is 19.3 Å². The molecular formula is C19H18N2O4. The summed E-state index contributed by atoms with van der Waals surface area (Å²) in [7, 11) is 0. The molecule has 1 aliphatic heterocycles. The zero-order chi connectivity index (χ0) is 18.0. The molecule has 25 heavy (non-hydrogen) atoms. The summed E-state index contributed by atoms with van der Waals surface area (Å²) >= 11 is 0. The van der Waals surface area contributed by atoms with Crippen molar-refractivity contribution in [1.29, 1.82) is 0 Å². The maximum absolute atomic E-state index is 12.4. The molecule has 2 aromatic rings. The van der Waals surface area contributed by atoms with Crippen LogP contribution < -0.4 is 5.32 Å². The van der Waals surface area contributed by atoms with Gasteiger partial charge in [0.1, 0.15) is 11.8 Å². The van der Waals surface area contributed by atoms with E-state index in [2.05, 4.69) is 5.32 Å². The third-order valence-corrected chi connectivity index (χ3v) is 4.24. The first-order valence-corrected chi connectivity index (χ1v) is 8.01. The topological polar surface area (TPSA) is 86.7 Å². The van der Waals surface area contributed by atoms with Crippen molar-refractivity contribution < 1.29 is 19.5 Å². The number of phenolic OH excluding ortho intramolecular Hbond substituents is 1. The Balaban J connectivity index is 1.60. The molecule has 2 aromatic carbocycles. The van der Waals surface area contributed by atoms with Crippen molar-refractivity contribution in [3.8, 4) is 5.75 Å². The Morgan fingerprint density at radius 3 is 2.16 bits per heavy atom. The van der Waals surface area contributed by atoms with Crippen molar-refractivity contribution in [3.63, 3.8) is 0 Å². The molecular weight excluding hydrogens is 320 g/mol. The quantitative estimate of drug-likeness (QED) is 0.813. The highest BCUT2D eigenvalue weighted by Crippen LogP contribution is 2.24. The van der Waals surface area contributed by atoms with Gasteiger partial charge >= 0.3 is 0 Å². The Morgan fingerprint density at radius 1 is 1.04 bits per heavy atom. The summed E-state index contributed by atoms with van der Waals surface area (Å²) in [6, 6.07) is 12.4. The van der Waals surface area contributed by atoms with E-state index in [9.17, 15) is 19.5 Å². The van der Waals surface area contributed by atoms with Gasteiger partial charge in [-0.1, -0.05) is 24.3 Å². The van der Waals surface area contributed by atoms with Crippen LogP contribution in [0.4, 0.5) is 0 Å². The van der Waals surface area contributed by atoms with Crippen LogP contribution in [0, 0.1) is 0 Å². The molecule has 0 fully saturated rings. The lowest BCUT2D eigenvalue weighted by molar-refractivity contribution is -0.124. The number of aromatic hydroxyl groups is 1. The number of hydrogen-bond donors (Lipinski definition) is 2. The molecule has 1 heterocycles. The zero-order valence-corrected chi connectivity index (χ0v) is 13.7. The largest absolute Gasteiger partial charge is 0.508 e. The lowest BCUT2D eigenvalue weighted by Gasteiger charge is -2.21. The SMILES string of the molecule is CC(C(=O)NCCc1ccc(O)cc1)N1C(=O)c2ccccc2C1=O. The molecule has 1 unspecified atom stereocenters. The summed E-state index contributed by atoms with van der Waals surface area (Å²) in [4.78, 5) is 38.1. The molecule has 3 amide bonds. The van der Waals surface area contributed by atoms with Crippen molar-refractivity contribution in [3.05, 3.63) is 65.2 Å². The molecule has 0 radical (unpaired) electrons. The number of nitrogens with zero attached hydrogens (tertiary/aromatic N) is 1. The summed E-state index contributed by atoms with van der Waals surface area (Å²) in [5.74, 6) is -1.08.